The van der Waals surface area contributed by atoms with Gasteiger partial charge in [0.2, 0.25) is 6.29 Å². The summed E-state index contributed by atoms with van der Waals surface area (Å²) in [6, 6.07) is 0.0488. The molecule has 1 amide bonds. The van der Waals surface area contributed by atoms with Crippen molar-refractivity contribution < 1.29 is 9.59 Å². The van der Waals surface area contributed by atoms with Gasteiger partial charge in [-0.3, -0.25) is 9.59 Å². The van der Waals surface area contributed by atoms with Crippen LogP contribution in [0, 0.1) is 0 Å². The Hall–Kier alpha value is -0.860. The third kappa shape index (κ3) is 3.33. The highest BCUT2D eigenvalue weighted by Gasteiger charge is 1.97. The van der Waals surface area contributed by atoms with E-state index in [1.165, 1.54) is 0 Å². The van der Waals surface area contributed by atoms with Gasteiger partial charge in [-0.1, -0.05) is 0 Å². The molecule has 0 aromatic heterocycles. The van der Waals surface area contributed by atoms with E-state index in [0.717, 1.165) is 0 Å². The zero-order chi connectivity index (χ0) is 6.57. The van der Waals surface area contributed by atoms with Gasteiger partial charge in [0.15, 0.2) is 0 Å². The van der Waals surface area contributed by atoms with Crippen LogP contribution in [-0.2, 0) is 9.59 Å². The quantitative estimate of drug-likeness (QED) is 0.397. The maximum Gasteiger partial charge on any atom is 0.284 e. The molecule has 0 saturated carbocycles. The zero-order valence-electron chi connectivity index (χ0n) is 4.97. The van der Waals surface area contributed by atoms with Crippen molar-refractivity contribution >= 4 is 12.2 Å². The summed E-state index contributed by atoms with van der Waals surface area (Å²) in [6.45, 7) is 3.59. The van der Waals surface area contributed by atoms with Gasteiger partial charge >= 0.3 is 0 Å². The summed E-state index contributed by atoms with van der Waals surface area (Å²) in [5.74, 6) is -0.556. The molecule has 1 N–H and O–H groups in total. The Balaban J connectivity index is 3.39. The lowest BCUT2D eigenvalue weighted by Crippen LogP contribution is -2.30. The van der Waals surface area contributed by atoms with Crippen LogP contribution in [-0.4, -0.2) is 18.2 Å². The van der Waals surface area contributed by atoms with Crippen LogP contribution >= 0.6 is 0 Å². The molecule has 0 radical (unpaired) electrons. The number of rotatable bonds is 2. The van der Waals surface area contributed by atoms with Gasteiger partial charge in [-0.2, -0.15) is 0 Å². The molecular formula is C5H9NO2. The van der Waals surface area contributed by atoms with E-state index in [2.05, 4.69) is 5.32 Å². The van der Waals surface area contributed by atoms with Gasteiger partial charge in [-0.05, 0) is 13.8 Å². The van der Waals surface area contributed by atoms with Gasteiger partial charge in [0.05, 0.1) is 0 Å². The minimum atomic E-state index is -0.556. The summed E-state index contributed by atoms with van der Waals surface area (Å²) in [4.78, 5) is 19.8. The second-order valence-electron chi connectivity index (χ2n) is 1.78. The number of carbonyl (C=O) groups is 2. The normalized spacial score (nSPS) is 8.88. The van der Waals surface area contributed by atoms with E-state index in [4.69, 9.17) is 0 Å². The van der Waals surface area contributed by atoms with Crippen molar-refractivity contribution in [1.82, 2.24) is 5.32 Å². The molecule has 0 unspecified atom stereocenters. The van der Waals surface area contributed by atoms with Crippen molar-refractivity contribution in [2.24, 2.45) is 0 Å². The number of hydrogen-bond donors (Lipinski definition) is 1. The Labute approximate surface area is 48.1 Å². The highest BCUT2D eigenvalue weighted by molar-refractivity contribution is 6.23. The lowest BCUT2D eigenvalue weighted by atomic mass is 10.4. The first-order valence-electron chi connectivity index (χ1n) is 2.42. The first kappa shape index (κ1) is 7.14. The van der Waals surface area contributed by atoms with E-state index in [-0.39, 0.29) is 12.3 Å². The lowest BCUT2D eigenvalue weighted by molar-refractivity contribution is -0.131. The molecule has 0 aliphatic rings. The Bertz CT molecular complexity index is 98.6. The van der Waals surface area contributed by atoms with Crippen LogP contribution in [0.3, 0.4) is 0 Å². The Kier molecular flexibility index (Phi) is 2.84. The SMILES string of the molecule is CC(C)NC(=O)C=O. The molecule has 0 rings (SSSR count). The number of amides is 1. The van der Waals surface area contributed by atoms with Crippen molar-refractivity contribution in [2.45, 2.75) is 19.9 Å². The zero-order valence-corrected chi connectivity index (χ0v) is 4.97. The first-order chi connectivity index (χ1) is 3.66. The molecule has 0 heterocycles. The molecule has 46 valence electrons. The highest BCUT2D eigenvalue weighted by atomic mass is 16.2. The highest BCUT2D eigenvalue weighted by Crippen LogP contribution is 1.72. The number of nitrogens with one attached hydrogen (secondary N) is 1. The Morgan fingerprint density at radius 2 is 2.12 bits per heavy atom. The fourth-order valence-electron chi connectivity index (χ4n) is 0.319. The summed E-state index contributed by atoms with van der Waals surface area (Å²) >= 11 is 0. The molecule has 0 aromatic rings. The van der Waals surface area contributed by atoms with Crippen molar-refractivity contribution in [1.29, 1.82) is 0 Å². The van der Waals surface area contributed by atoms with Gasteiger partial charge in [-0.25, -0.2) is 0 Å². The van der Waals surface area contributed by atoms with Gasteiger partial charge in [0.25, 0.3) is 5.91 Å². The third-order valence-electron chi connectivity index (χ3n) is 0.538. The Morgan fingerprint density at radius 1 is 1.62 bits per heavy atom. The van der Waals surface area contributed by atoms with Crippen LogP contribution in [0.5, 0.6) is 0 Å². The van der Waals surface area contributed by atoms with Crippen molar-refractivity contribution in [3.8, 4) is 0 Å². The van der Waals surface area contributed by atoms with E-state index < -0.39 is 5.91 Å². The lowest BCUT2D eigenvalue weighted by Gasteiger charge is -2.01. The largest absolute Gasteiger partial charge is 0.348 e. The minimum Gasteiger partial charge on any atom is -0.348 e. The third-order valence-corrected chi connectivity index (χ3v) is 0.538. The topological polar surface area (TPSA) is 46.2 Å². The number of hydrogen-bond acceptors (Lipinski definition) is 2. The van der Waals surface area contributed by atoms with Gasteiger partial charge in [0.1, 0.15) is 0 Å². The predicted octanol–water partition coefficient (Wildman–Crippen LogP) is -0.290. The minimum absolute atomic E-state index is 0.0488. The van der Waals surface area contributed by atoms with Crippen LogP contribution in [0.25, 0.3) is 0 Å². The molecule has 3 heteroatoms. The summed E-state index contributed by atoms with van der Waals surface area (Å²) in [6.07, 6.45) is 0.264. The van der Waals surface area contributed by atoms with Crippen molar-refractivity contribution in [3.63, 3.8) is 0 Å². The number of aldehydes is 1. The Morgan fingerprint density at radius 3 is 2.25 bits per heavy atom. The van der Waals surface area contributed by atoms with Crippen molar-refractivity contribution in [3.05, 3.63) is 0 Å². The molecule has 0 aliphatic heterocycles. The molecule has 8 heavy (non-hydrogen) atoms. The molecule has 0 saturated heterocycles. The molecule has 0 spiro atoms. The van der Waals surface area contributed by atoms with E-state index in [9.17, 15) is 9.59 Å². The average Bonchev–Trinajstić information content (AvgIpc) is 1.65. The smallest absolute Gasteiger partial charge is 0.284 e. The molecular weight excluding hydrogens is 106 g/mol. The molecule has 0 aliphatic carbocycles. The fraction of sp³-hybridized carbons (Fsp3) is 0.600. The first-order valence-corrected chi connectivity index (χ1v) is 2.42. The van der Waals surface area contributed by atoms with E-state index in [0.29, 0.717) is 0 Å². The maximum absolute atomic E-state index is 10.1. The maximum atomic E-state index is 10.1. The average molecular weight is 115 g/mol. The summed E-state index contributed by atoms with van der Waals surface area (Å²) in [5.41, 5.74) is 0. The fourth-order valence-corrected chi connectivity index (χ4v) is 0.319. The van der Waals surface area contributed by atoms with Crippen LogP contribution in [0.1, 0.15) is 13.8 Å². The summed E-state index contributed by atoms with van der Waals surface area (Å²) in [7, 11) is 0. The van der Waals surface area contributed by atoms with Crippen LogP contribution in [0.4, 0.5) is 0 Å². The van der Waals surface area contributed by atoms with E-state index in [1.54, 1.807) is 13.8 Å². The standard InChI is InChI=1S/C5H9NO2/c1-4(2)6-5(8)3-7/h3-4H,1-2H3,(H,6,8). The van der Waals surface area contributed by atoms with Crippen LogP contribution in [0.15, 0.2) is 0 Å². The predicted molar refractivity (Wildman–Crippen MR) is 29.3 cm³/mol. The second-order valence-corrected chi connectivity index (χ2v) is 1.78. The molecule has 3 nitrogen and oxygen atoms in total. The summed E-state index contributed by atoms with van der Waals surface area (Å²) in [5, 5.41) is 2.39. The van der Waals surface area contributed by atoms with Gasteiger partial charge < -0.3 is 5.32 Å². The van der Waals surface area contributed by atoms with Gasteiger partial charge in [-0.15, -0.1) is 0 Å². The van der Waals surface area contributed by atoms with Crippen LogP contribution < -0.4 is 5.32 Å². The van der Waals surface area contributed by atoms with E-state index in [1.807, 2.05) is 0 Å². The van der Waals surface area contributed by atoms with Crippen LogP contribution in [0.2, 0.25) is 0 Å². The molecule has 0 aromatic carbocycles. The molecule has 0 fully saturated rings. The second kappa shape index (κ2) is 3.18. The summed E-state index contributed by atoms with van der Waals surface area (Å²) < 4.78 is 0. The molecule has 0 bridgehead atoms. The van der Waals surface area contributed by atoms with Crippen molar-refractivity contribution in [2.75, 3.05) is 0 Å². The number of carbonyl (C=O) groups excluding carboxylic acids is 2. The van der Waals surface area contributed by atoms with Gasteiger partial charge in [0, 0.05) is 6.04 Å². The monoisotopic (exact) mass is 115 g/mol. The molecule has 0 atom stereocenters. The van der Waals surface area contributed by atoms with E-state index >= 15 is 0 Å².